The fourth-order valence-electron chi connectivity index (χ4n) is 9.18. The van der Waals surface area contributed by atoms with Gasteiger partial charge in [0, 0.05) is 53.4 Å². The van der Waals surface area contributed by atoms with Gasteiger partial charge in [-0.1, -0.05) is 127 Å². The van der Waals surface area contributed by atoms with Crippen molar-refractivity contribution < 1.29 is 0 Å². The number of rotatable bonds is 2. The third kappa shape index (κ3) is 3.54. The van der Waals surface area contributed by atoms with Gasteiger partial charge in [0.05, 0.1) is 37.8 Å². The van der Waals surface area contributed by atoms with Crippen molar-refractivity contribution in [3.05, 3.63) is 158 Å². The number of aromatic nitrogens is 4. The van der Waals surface area contributed by atoms with Crippen LogP contribution in [0.25, 0.3) is 119 Å². The number of fused-ring (bicyclic) bond motifs is 16. The van der Waals surface area contributed by atoms with Crippen molar-refractivity contribution in [2.75, 3.05) is 0 Å². The van der Waals surface area contributed by atoms with Crippen LogP contribution in [-0.4, -0.2) is 18.9 Å². The summed E-state index contributed by atoms with van der Waals surface area (Å²) in [5.41, 5.74) is 8.06. The predicted molar refractivity (Wildman–Crippen MR) is 224 cm³/mol. The Hall–Kier alpha value is -6.82. The molecule has 244 valence electrons. The topological polar surface area (TPSA) is 35.1 Å². The van der Waals surface area contributed by atoms with E-state index in [1.165, 1.54) is 75.1 Å². The molecule has 0 atom stereocenters. The fourth-order valence-corrected chi connectivity index (χ4v) is 10.3. The van der Waals surface area contributed by atoms with Gasteiger partial charge < -0.3 is 4.40 Å². The molecule has 0 bridgehead atoms. The van der Waals surface area contributed by atoms with Gasteiger partial charge in [-0.05, 0) is 46.5 Å². The Morgan fingerprint density at radius 3 is 2.02 bits per heavy atom. The number of thiophene rings is 1. The van der Waals surface area contributed by atoms with Crippen LogP contribution < -0.4 is 0 Å². The maximum atomic E-state index is 5.56. The first kappa shape index (κ1) is 27.8. The first-order chi connectivity index (χ1) is 26.3. The van der Waals surface area contributed by atoms with Gasteiger partial charge in [0.1, 0.15) is 0 Å². The van der Waals surface area contributed by atoms with Gasteiger partial charge in [-0.2, -0.15) is 0 Å². The molecular formula is C48H26N4S. The molecule has 0 saturated heterocycles. The van der Waals surface area contributed by atoms with E-state index in [0.717, 1.165) is 43.8 Å². The maximum Gasteiger partial charge on any atom is 0.162 e. The van der Waals surface area contributed by atoms with E-state index in [4.69, 9.17) is 9.97 Å². The highest BCUT2D eigenvalue weighted by Crippen LogP contribution is 2.49. The van der Waals surface area contributed by atoms with Gasteiger partial charge in [-0.3, -0.25) is 4.57 Å². The van der Waals surface area contributed by atoms with Crippen molar-refractivity contribution >= 4 is 113 Å². The molecule has 0 radical (unpaired) electrons. The van der Waals surface area contributed by atoms with Crippen LogP contribution >= 0.6 is 11.3 Å². The summed E-state index contributed by atoms with van der Waals surface area (Å²) >= 11 is 1.78. The van der Waals surface area contributed by atoms with Crippen LogP contribution in [0, 0.1) is 0 Å². The maximum absolute atomic E-state index is 5.56. The van der Waals surface area contributed by atoms with Crippen molar-refractivity contribution in [3.8, 4) is 17.2 Å². The third-order valence-corrected chi connectivity index (χ3v) is 12.6. The zero-order valence-electron chi connectivity index (χ0n) is 28.2. The van der Waals surface area contributed by atoms with Gasteiger partial charge in [0.25, 0.3) is 0 Å². The Morgan fingerprint density at radius 2 is 1.13 bits per heavy atom. The summed E-state index contributed by atoms with van der Waals surface area (Å²) in [4.78, 5) is 10.9. The minimum atomic E-state index is 0.728. The van der Waals surface area contributed by atoms with E-state index in [1.54, 1.807) is 11.3 Å². The molecule has 13 aromatic rings. The van der Waals surface area contributed by atoms with E-state index in [9.17, 15) is 0 Å². The molecule has 0 aliphatic rings. The highest BCUT2D eigenvalue weighted by Gasteiger charge is 2.27. The van der Waals surface area contributed by atoms with E-state index < -0.39 is 0 Å². The fraction of sp³-hybridized carbons (Fsp3) is 0. The molecule has 4 nitrogen and oxygen atoms in total. The van der Waals surface area contributed by atoms with E-state index in [-0.39, 0.29) is 0 Å². The van der Waals surface area contributed by atoms with Crippen molar-refractivity contribution in [1.82, 2.24) is 18.9 Å². The molecule has 13 rings (SSSR count). The standard InChI is InChI=1S/C48H26N4S/c1-2-13-29-25-30(22-21-27(29)11-1)47-49-43-34-17-7-10-20-40(34)53-46(43)48(50-47)51-38-19-9-6-16-33(38)41-39(51)26-36-32-15-5-8-18-37(32)52-44-31-14-4-3-12-28(31)23-24-35(44)42(41)45(36)52/h1-26H. The average Bonchev–Trinajstić information content (AvgIpc) is 3.95. The molecule has 5 aromatic heterocycles. The number of hydrogen-bond donors (Lipinski definition) is 0. The molecule has 0 unspecified atom stereocenters. The Balaban J connectivity index is 1.25. The number of benzene rings is 8. The average molecular weight is 691 g/mol. The Kier molecular flexibility index (Phi) is 5.22. The van der Waals surface area contributed by atoms with Crippen LogP contribution in [0.1, 0.15) is 0 Å². The molecule has 8 aromatic carbocycles. The van der Waals surface area contributed by atoms with Crippen LogP contribution in [0.5, 0.6) is 0 Å². The van der Waals surface area contributed by atoms with E-state index in [1.807, 2.05) is 0 Å². The summed E-state index contributed by atoms with van der Waals surface area (Å²) < 4.78 is 7.24. The molecule has 53 heavy (non-hydrogen) atoms. The van der Waals surface area contributed by atoms with Crippen LogP contribution in [0.3, 0.4) is 0 Å². The number of nitrogens with zero attached hydrogens (tertiary/aromatic N) is 4. The van der Waals surface area contributed by atoms with Crippen LogP contribution in [0.4, 0.5) is 0 Å². The van der Waals surface area contributed by atoms with Crippen molar-refractivity contribution in [2.24, 2.45) is 0 Å². The smallest absolute Gasteiger partial charge is 0.162 e. The molecule has 0 spiro atoms. The summed E-state index contributed by atoms with van der Waals surface area (Å²) in [6.07, 6.45) is 0. The van der Waals surface area contributed by atoms with Crippen molar-refractivity contribution in [1.29, 1.82) is 0 Å². The lowest BCUT2D eigenvalue weighted by atomic mass is 10.00. The van der Waals surface area contributed by atoms with Gasteiger partial charge in [-0.25, -0.2) is 9.97 Å². The van der Waals surface area contributed by atoms with Crippen molar-refractivity contribution in [2.45, 2.75) is 0 Å². The summed E-state index contributed by atoms with van der Waals surface area (Å²) in [5.74, 6) is 1.64. The molecule has 0 amide bonds. The SMILES string of the molecule is c1ccc2cc(-c3nc(-n4c5ccccc5c5c6c7ccc8ccccc8c7n7c8ccccc8c(cc54)c67)c4sc5ccccc5c4n3)ccc2c1. The number of hydrogen-bond acceptors (Lipinski definition) is 3. The lowest BCUT2D eigenvalue weighted by Crippen LogP contribution is -2.01. The van der Waals surface area contributed by atoms with Gasteiger partial charge in [-0.15, -0.1) is 11.3 Å². The molecule has 0 aliphatic heterocycles. The predicted octanol–water partition coefficient (Wildman–Crippen LogP) is 13.1. The molecular weight excluding hydrogens is 665 g/mol. The zero-order valence-corrected chi connectivity index (χ0v) is 29.0. The molecule has 5 heterocycles. The molecule has 0 saturated carbocycles. The summed E-state index contributed by atoms with van der Waals surface area (Å²) in [5, 5.41) is 13.6. The van der Waals surface area contributed by atoms with Gasteiger partial charge >= 0.3 is 0 Å². The summed E-state index contributed by atoms with van der Waals surface area (Å²) in [6, 6.07) is 57.3. The Labute approximate surface area is 305 Å². The van der Waals surface area contributed by atoms with Gasteiger partial charge in [0.2, 0.25) is 0 Å². The second-order valence-corrected chi connectivity index (χ2v) is 15.2. The first-order valence-electron chi connectivity index (χ1n) is 18.0. The molecule has 0 fully saturated rings. The minimum Gasteiger partial charge on any atom is -0.307 e. The molecule has 5 heteroatoms. The second-order valence-electron chi connectivity index (χ2n) is 14.1. The highest BCUT2D eigenvalue weighted by atomic mass is 32.1. The highest BCUT2D eigenvalue weighted by molar-refractivity contribution is 7.26. The normalized spacial score (nSPS) is 12.5. The van der Waals surface area contributed by atoms with Crippen LogP contribution in [-0.2, 0) is 0 Å². The third-order valence-electron chi connectivity index (χ3n) is 11.4. The lowest BCUT2D eigenvalue weighted by Gasteiger charge is -2.11. The lowest BCUT2D eigenvalue weighted by molar-refractivity contribution is 1.08. The van der Waals surface area contributed by atoms with E-state index in [0.29, 0.717) is 0 Å². The number of para-hydroxylation sites is 2. The minimum absolute atomic E-state index is 0.728. The van der Waals surface area contributed by atoms with E-state index >= 15 is 0 Å². The van der Waals surface area contributed by atoms with E-state index in [2.05, 4.69) is 167 Å². The second kappa shape index (κ2) is 9.94. The molecule has 0 N–H and O–H groups in total. The van der Waals surface area contributed by atoms with Crippen LogP contribution in [0.15, 0.2) is 158 Å². The van der Waals surface area contributed by atoms with Gasteiger partial charge in [0.15, 0.2) is 11.6 Å². The Morgan fingerprint density at radius 1 is 0.434 bits per heavy atom. The first-order valence-corrected chi connectivity index (χ1v) is 18.8. The molecule has 0 aliphatic carbocycles. The quantitative estimate of drug-likeness (QED) is 0.181. The summed E-state index contributed by atoms with van der Waals surface area (Å²) in [7, 11) is 0. The van der Waals surface area contributed by atoms with Crippen LogP contribution in [0.2, 0.25) is 0 Å². The largest absolute Gasteiger partial charge is 0.307 e. The zero-order chi connectivity index (χ0) is 34.4. The van der Waals surface area contributed by atoms with Crippen molar-refractivity contribution in [3.63, 3.8) is 0 Å². The monoisotopic (exact) mass is 690 g/mol. The summed E-state index contributed by atoms with van der Waals surface area (Å²) in [6.45, 7) is 0. The Bertz CT molecular complexity index is 3700.